The summed E-state index contributed by atoms with van der Waals surface area (Å²) < 4.78 is 0. The van der Waals surface area contributed by atoms with E-state index >= 15 is 0 Å². The molecular formula is C51H103S. The molecule has 0 fully saturated rings. The Morgan fingerprint density at radius 1 is 0.212 bits per heavy atom. The van der Waals surface area contributed by atoms with E-state index in [4.69, 9.17) is 0 Å². The van der Waals surface area contributed by atoms with Gasteiger partial charge in [-0.1, -0.05) is 303 Å². The van der Waals surface area contributed by atoms with Gasteiger partial charge in [0, 0.05) is 5.75 Å². The zero-order chi connectivity index (χ0) is 37.4. The van der Waals surface area contributed by atoms with Crippen molar-refractivity contribution in [1.82, 2.24) is 0 Å². The number of unbranched alkanes of at least 4 members (excludes halogenated alkanes) is 45. The van der Waals surface area contributed by atoms with Crippen molar-refractivity contribution in [1.29, 1.82) is 0 Å². The van der Waals surface area contributed by atoms with E-state index in [0.29, 0.717) is 0 Å². The highest BCUT2D eigenvalue weighted by atomic mass is 32.2. The average molecular weight is 748 g/mol. The minimum Gasteiger partial charge on any atom is -0.157 e. The molecule has 0 nitrogen and oxygen atoms in total. The standard InChI is InChI=1S/C51H103S/c1-3-5-7-9-11-13-15-17-19-21-23-25-26-27-28-29-31-33-35-37-39-41-43-45-47-49-51-52-50-48-46-44-42-40-38-36-34-32-30-24-22-20-18-16-14-12-10-8-6-4-2/h51H,3-50H2,1-2H3. The van der Waals surface area contributed by atoms with Crippen LogP contribution in [-0.4, -0.2) is 5.75 Å². The molecular weight excluding hydrogens is 645 g/mol. The molecule has 0 aliphatic heterocycles. The first-order valence-electron chi connectivity index (χ1n) is 25.3. The van der Waals surface area contributed by atoms with Crippen LogP contribution in [0.4, 0.5) is 0 Å². The van der Waals surface area contributed by atoms with Crippen molar-refractivity contribution in [3.05, 3.63) is 5.75 Å². The molecule has 0 unspecified atom stereocenters. The van der Waals surface area contributed by atoms with Crippen molar-refractivity contribution in [3.63, 3.8) is 0 Å². The van der Waals surface area contributed by atoms with E-state index < -0.39 is 0 Å². The molecule has 0 saturated heterocycles. The van der Waals surface area contributed by atoms with Crippen molar-refractivity contribution < 1.29 is 0 Å². The Kier molecular flexibility index (Phi) is 51.7. The van der Waals surface area contributed by atoms with Crippen LogP contribution in [0.3, 0.4) is 0 Å². The SMILES string of the molecule is CCCCCCCCCCCCCCCCCCCCCCCCCCC[CH]SCCCCCCCCCCCCCCCCCCCCCCC. The van der Waals surface area contributed by atoms with Gasteiger partial charge in [-0.05, 0) is 18.6 Å². The van der Waals surface area contributed by atoms with Gasteiger partial charge in [0.15, 0.2) is 0 Å². The van der Waals surface area contributed by atoms with Crippen molar-refractivity contribution in [2.24, 2.45) is 0 Å². The molecule has 0 aromatic carbocycles. The van der Waals surface area contributed by atoms with Crippen molar-refractivity contribution in [3.8, 4) is 0 Å². The van der Waals surface area contributed by atoms with E-state index in [-0.39, 0.29) is 0 Å². The monoisotopic (exact) mass is 748 g/mol. The summed E-state index contributed by atoms with van der Waals surface area (Å²) in [6, 6.07) is 0. The van der Waals surface area contributed by atoms with Gasteiger partial charge in [-0.25, -0.2) is 0 Å². The number of hydrogen-bond acceptors (Lipinski definition) is 1. The Labute approximate surface area is 337 Å². The van der Waals surface area contributed by atoms with Crippen LogP contribution in [0, 0.1) is 5.75 Å². The quantitative estimate of drug-likeness (QED) is 0.0559. The van der Waals surface area contributed by atoms with Crippen LogP contribution in [0.2, 0.25) is 0 Å². The molecule has 0 aromatic rings. The summed E-state index contributed by atoms with van der Waals surface area (Å²) in [4.78, 5) is 0. The van der Waals surface area contributed by atoms with Crippen LogP contribution in [0.1, 0.15) is 316 Å². The number of hydrogen-bond donors (Lipinski definition) is 0. The molecule has 0 saturated carbocycles. The van der Waals surface area contributed by atoms with Gasteiger partial charge in [-0.2, -0.15) is 11.8 Å². The molecule has 0 rings (SSSR count). The molecule has 52 heavy (non-hydrogen) atoms. The minimum atomic E-state index is 1.34. The lowest BCUT2D eigenvalue weighted by atomic mass is 10.0. The number of thioether (sulfide) groups is 1. The minimum absolute atomic E-state index is 1.34. The second-order valence-corrected chi connectivity index (χ2v) is 18.5. The third kappa shape index (κ3) is 50.4. The normalized spacial score (nSPS) is 11.7. The summed E-state index contributed by atoms with van der Waals surface area (Å²) in [5.74, 6) is 3.88. The smallest absolute Gasteiger partial charge is 0.0166 e. The molecule has 0 spiro atoms. The summed E-state index contributed by atoms with van der Waals surface area (Å²) >= 11 is 2.11. The number of rotatable bonds is 49. The maximum absolute atomic E-state index is 2.52. The van der Waals surface area contributed by atoms with Crippen LogP contribution in [0.15, 0.2) is 0 Å². The van der Waals surface area contributed by atoms with Crippen LogP contribution >= 0.6 is 11.8 Å². The van der Waals surface area contributed by atoms with Crippen LogP contribution in [-0.2, 0) is 0 Å². The molecule has 1 radical (unpaired) electrons. The van der Waals surface area contributed by atoms with E-state index in [0.717, 1.165) is 0 Å². The lowest BCUT2D eigenvalue weighted by Crippen LogP contribution is -1.85. The second kappa shape index (κ2) is 51.4. The molecule has 0 heterocycles. The van der Waals surface area contributed by atoms with Gasteiger partial charge in [-0.3, -0.25) is 0 Å². The zero-order valence-electron chi connectivity index (χ0n) is 36.9. The van der Waals surface area contributed by atoms with Crippen molar-refractivity contribution >= 4 is 11.8 Å². The van der Waals surface area contributed by atoms with Crippen LogP contribution in [0.25, 0.3) is 0 Å². The van der Waals surface area contributed by atoms with Crippen molar-refractivity contribution in [2.45, 2.75) is 316 Å². The molecule has 0 aliphatic rings. The van der Waals surface area contributed by atoms with E-state index in [1.165, 1.54) is 308 Å². The van der Waals surface area contributed by atoms with Gasteiger partial charge >= 0.3 is 0 Å². The lowest BCUT2D eigenvalue weighted by molar-refractivity contribution is 0.516. The largest absolute Gasteiger partial charge is 0.157 e. The predicted octanol–water partition coefficient (Wildman–Crippen LogP) is 20.3. The molecule has 0 amide bonds. The highest BCUT2D eigenvalue weighted by Crippen LogP contribution is 2.19. The third-order valence-electron chi connectivity index (χ3n) is 11.9. The maximum Gasteiger partial charge on any atom is 0.0166 e. The third-order valence-corrected chi connectivity index (χ3v) is 12.9. The highest BCUT2D eigenvalue weighted by Gasteiger charge is 1.99. The van der Waals surface area contributed by atoms with Gasteiger partial charge in [-0.15, -0.1) is 0 Å². The summed E-state index contributed by atoms with van der Waals surface area (Å²) in [7, 11) is 0. The summed E-state index contributed by atoms with van der Waals surface area (Å²) in [5.41, 5.74) is 0. The first-order valence-corrected chi connectivity index (χ1v) is 26.4. The fourth-order valence-electron chi connectivity index (χ4n) is 8.15. The Morgan fingerprint density at radius 3 is 0.596 bits per heavy atom. The Hall–Kier alpha value is 0.350. The fourth-order valence-corrected chi connectivity index (χ4v) is 9.02. The predicted molar refractivity (Wildman–Crippen MR) is 245 cm³/mol. The van der Waals surface area contributed by atoms with Gasteiger partial charge in [0.05, 0.1) is 0 Å². The molecule has 0 bridgehead atoms. The molecule has 0 aromatic heterocycles. The maximum atomic E-state index is 2.52. The average Bonchev–Trinajstić information content (AvgIpc) is 3.16. The van der Waals surface area contributed by atoms with E-state index in [1.54, 1.807) is 0 Å². The Bertz CT molecular complexity index is 522. The van der Waals surface area contributed by atoms with E-state index in [9.17, 15) is 0 Å². The highest BCUT2D eigenvalue weighted by molar-refractivity contribution is 8.01. The van der Waals surface area contributed by atoms with Crippen molar-refractivity contribution in [2.75, 3.05) is 5.75 Å². The van der Waals surface area contributed by atoms with Crippen LogP contribution < -0.4 is 0 Å². The molecule has 0 atom stereocenters. The van der Waals surface area contributed by atoms with Gasteiger partial charge in [0.25, 0.3) is 0 Å². The Balaban J connectivity index is 3.04. The zero-order valence-corrected chi connectivity index (χ0v) is 37.7. The molecule has 0 aliphatic carbocycles. The van der Waals surface area contributed by atoms with E-state index in [2.05, 4.69) is 31.4 Å². The second-order valence-electron chi connectivity index (χ2n) is 17.4. The summed E-state index contributed by atoms with van der Waals surface area (Å²) in [6.07, 6.45) is 69.2. The van der Waals surface area contributed by atoms with Gasteiger partial charge in [0.2, 0.25) is 0 Å². The van der Waals surface area contributed by atoms with Crippen LogP contribution in [0.5, 0.6) is 0 Å². The topological polar surface area (TPSA) is 0 Å². The first-order chi connectivity index (χ1) is 25.9. The van der Waals surface area contributed by atoms with E-state index in [1.807, 2.05) is 0 Å². The summed E-state index contributed by atoms with van der Waals surface area (Å²) in [6.45, 7) is 4.62. The van der Waals surface area contributed by atoms with Gasteiger partial charge < -0.3 is 0 Å². The molecule has 313 valence electrons. The van der Waals surface area contributed by atoms with Gasteiger partial charge in [0.1, 0.15) is 0 Å². The summed E-state index contributed by atoms with van der Waals surface area (Å²) in [5, 5.41) is 0. The molecule has 0 N–H and O–H groups in total. The Morgan fingerprint density at radius 2 is 0.385 bits per heavy atom. The first kappa shape index (κ1) is 52.3. The fraction of sp³-hybridized carbons (Fsp3) is 0.980. The molecule has 1 heteroatoms. The lowest BCUT2D eigenvalue weighted by Gasteiger charge is -2.05.